The van der Waals surface area contributed by atoms with Crippen LogP contribution in [-0.4, -0.2) is 46.7 Å². The van der Waals surface area contributed by atoms with Crippen LogP contribution < -0.4 is 5.73 Å². The van der Waals surface area contributed by atoms with E-state index >= 15 is 0 Å². The Bertz CT molecular complexity index is 504. The van der Waals surface area contributed by atoms with Gasteiger partial charge in [-0.25, -0.2) is 9.18 Å². The molecule has 1 aliphatic heterocycles. The molecule has 1 amide bonds. The molecule has 2 bridgehead atoms. The van der Waals surface area contributed by atoms with E-state index in [4.69, 9.17) is 5.73 Å². The van der Waals surface area contributed by atoms with Crippen LogP contribution in [0.3, 0.4) is 0 Å². The molecule has 7 atom stereocenters. The molecule has 6 heteroatoms. The quantitative estimate of drug-likeness (QED) is 0.804. The molecule has 1 heterocycles. The van der Waals surface area contributed by atoms with Gasteiger partial charge < -0.3 is 15.7 Å². The van der Waals surface area contributed by atoms with Gasteiger partial charge in [-0.3, -0.25) is 4.79 Å². The fourth-order valence-corrected chi connectivity index (χ4v) is 4.80. The molecule has 0 unspecified atom stereocenters. The number of carboxylic acid groups (broad SMARTS) is 1. The number of carbonyl (C=O) groups excluding carboxylic acids is 1. The molecular formula is C16H25FN2O3. The van der Waals surface area contributed by atoms with Gasteiger partial charge in [-0.2, -0.15) is 0 Å². The molecule has 2 aliphatic carbocycles. The zero-order valence-corrected chi connectivity index (χ0v) is 13.3. The lowest BCUT2D eigenvalue weighted by atomic mass is 9.77. The van der Waals surface area contributed by atoms with Crippen molar-refractivity contribution < 1.29 is 19.1 Å². The molecule has 1 saturated heterocycles. The fraction of sp³-hybridized carbons (Fsp3) is 0.875. The van der Waals surface area contributed by atoms with Crippen LogP contribution in [0.4, 0.5) is 4.39 Å². The highest BCUT2D eigenvalue weighted by Crippen LogP contribution is 2.58. The van der Waals surface area contributed by atoms with Crippen molar-refractivity contribution in [2.45, 2.75) is 51.9 Å². The molecule has 124 valence electrons. The van der Waals surface area contributed by atoms with Crippen molar-refractivity contribution in [1.82, 2.24) is 4.90 Å². The standard InChI is InChI=1S/C16H25FN2O3/c1-16(2,3)13(18)14(20)19-6-9-7-4-8(10(17)5-7)11(9)12(19)15(21)22/h7-13H,4-6,18H2,1-3H3,(H,21,22)/t7-,8+,9+,10-,11-,12-,13+/m0/s1. The highest BCUT2D eigenvalue weighted by Gasteiger charge is 2.63. The molecule has 3 N–H and O–H groups in total. The summed E-state index contributed by atoms with van der Waals surface area (Å²) in [5.41, 5.74) is 5.61. The van der Waals surface area contributed by atoms with Gasteiger partial charge in [0.2, 0.25) is 5.91 Å². The number of amides is 1. The van der Waals surface area contributed by atoms with Crippen LogP contribution in [-0.2, 0) is 9.59 Å². The molecule has 0 aromatic rings. The van der Waals surface area contributed by atoms with Gasteiger partial charge in [-0.05, 0) is 36.0 Å². The van der Waals surface area contributed by atoms with Gasteiger partial charge in [0, 0.05) is 12.5 Å². The summed E-state index contributed by atoms with van der Waals surface area (Å²) in [5, 5.41) is 9.62. The van der Waals surface area contributed by atoms with E-state index in [1.807, 2.05) is 20.8 Å². The Kier molecular flexibility index (Phi) is 3.51. The van der Waals surface area contributed by atoms with Crippen LogP contribution in [0.25, 0.3) is 0 Å². The number of hydrogen-bond acceptors (Lipinski definition) is 3. The summed E-state index contributed by atoms with van der Waals surface area (Å²) < 4.78 is 14.0. The van der Waals surface area contributed by atoms with Crippen molar-refractivity contribution >= 4 is 11.9 Å². The van der Waals surface area contributed by atoms with Crippen LogP contribution in [0.5, 0.6) is 0 Å². The average molecular weight is 312 g/mol. The number of hydrogen-bond donors (Lipinski definition) is 2. The van der Waals surface area contributed by atoms with E-state index in [1.54, 1.807) is 0 Å². The van der Waals surface area contributed by atoms with Gasteiger partial charge in [0.15, 0.2) is 0 Å². The van der Waals surface area contributed by atoms with Crippen molar-refractivity contribution in [3.63, 3.8) is 0 Å². The predicted octanol–water partition coefficient (Wildman–Crippen LogP) is 1.27. The van der Waals surface area contributed by atoms with Crippen molar-refractivity contribution in [2.24, 2.45) is 34.8 Å². The Morgan fingerprint density at radius 1 is 1.27 bits per heavy atom. The number of carboxylic acids is 1. The second-order valence-electron chi connectivity index (χ2n) is 8.27. The van der Waals surface area contributed by atoms with Gasteiger partial charge in [-0.15, -0.1) is 0 Å². The van der Waals surface area contributed by atoms with Crippen molar-refractivity contribution in [3.05, 3.63) is 0 Å². The first-order valence-electron chi connectivity index (χ1n) is 8.06. The number of carbonyl (C=O) groups is 2. The van der Waals surface area contributed by atoms with E-state index < -0.39 is 29.6 Å². The lowest BCUT2D eigenvalue weighted by Crippen LogP contribution is -2.54. The topological polar surface area (TPSA) is 83.6 Å². The Morgan fingerprint density at radius 2 is 1.91 bits per heavy atom. The molecule has 3 aliphatic rings. The Balaban J connectivity index is 1.87. The monoisotopic (exact) mass is 312 g/mol. The van der Waals surface area contributed by atoms with Crippen LogP contribution in [0, 0.1) is 29.1 Å². The summed E-state index contributed by atoms with van der Waals surface area (Å²) in [7, 11) is 0. The van der Waals surface area contributed by atoms with Crippen LogP contribution >= 0.6 is 0 Å². The number of likely N-dealkylation sites (tertiary alicyclic amines) is 1. The first-order valence-corrected chi connectivity index (χ1v) is 8.06. The highest BCUT2D eigenvalue weighted by molar-refractivity contribution is 5.88. The third kappa shape index (κ3) is 2.14. The number of rotatable bonds is 2. The van der Waals surface area contributed by atoms with E-state index in [0.29, 0.717) is 13.0 Å². The Labute approximate surface area is 130 Å². The summed E-state index contributed by atoms with van der Waals surface area (Å²) in [5.74, 6) is -1.46. The summed E-state index contributed by atoms with van der Waals surface area (Å²) in [6.45, 7) is 6.01. The molecule has 0 spiro atoms. The smallest absolute Gasteiger partial charge is 0.326 e. The summed E-state index contributed by atoms with van der Waals surface area (Å²) in [6.07, 6.45) is 0.374. The summed E-state index contributed by atoms with van der Waals surface area (Å²) in [6, 6.07) is -1.66. The zero-order valence-electron chi connectivity index (χ0n) is 13.3. The normalized spacial score (nSPS) is 41.6. The average Bonchev–Trinajstić information content (AvgIpc) is 3.03. The maximum atomic E-state index is 14.0. The molecule has 2 saturated carbocycles. The molecule has 5 nitrogen and oxygen atoms in total. The highest BCUT2D eigenvalue weighted by atomic mass is 19.1. The van der Waals surface area contributed by atoms with E-state index in [0.717, 1.165) is 6.42 Å². The van der Waals surface area contributed by atoms with Crippen molar-refractivity contribution in [2.75, 3.05) is 6.54 Å². The maximum absolute atomic E-state index is 14.0. The van der Waals surface area contributed by atoms with Gasteiger partial charge in [0.1, 0.15) is 12.2 Å². The Hall–Kier alpha value is -1.17. The number of fused-ring (bicyclic) bond motifs is 5. The van der Waals surface area contributed by atoms with Crippen LogP contribution in [0.1, 0.15) is 33.6 Å². The molecule has 3 rings (SSSR count). The van der Waals surface area contributed by atoms with Crippen molar-refractivity contribution in [1.29, 1.82) is 0 Å². The van der Waals surface area contributed by atoms with Crippen LogP contribution in [0.2, 0.25) is 0 Å². The second-order valence-corrected chi connectivity index (χ2v) is 8.27. The number of alkyl halides is 1. The molecule has 22 heavy (non-hydrogen) atoms. The third-order valence-corrected chi connectivity index (χ3v) is 6.00. The summed E-state index contributed by atoms with van der Waals surface area (Å²) >= 11 is 0. The van der Waals surface area contributed by atoms with Gasteiger partial charge >= 0.3 is 5.97 Å². The largest absolute Gasteiger partial charge is 0.480 e. The van der Waals surface area contributed by atoms with E-state index in [2.05, 4.69) is 0 Å². The van der Waals surface area contributed by atoms with Crippen molar-refractivity contribution in [3.8, 4) is 0 Å². The van der Waals surface area contributed by atoms with Crippen LogP contribution in [0.15, 0.2) is 0 Å². The SMILES string of the molecule is CC(C)(C)[C@H](N)C(=O)N1C[C@@H]2[C@H]3C[C@@H]([C@@H]2[C@H]1C(=O)O)[C@@H](F)C3. The molecule has 3 fully saturated rings. The number of nitrogens with two attached hydrogens (primary N) is 1. The van der Waals surface area contributed by atoms with Gasteiger partial charge in [-0.1, -0.05) is 20.8 Å². The summed E-state index contributed by atoms with van der Waals surface area (Å²) in [4.78, 5) is 25.9. The number of nitrogens with zero attached hydrogens (tertiary/aromatic N) is 1. The van der Waals surface area contributed by atoms with Gasteiger partial charge in [0.05, 0.1) is 6.04 Å². The fourth-order valence-electron chi connectivity index (χ4n) is 4.80. The lowest BCUT2D eigenvalue weighted by molar-refractivity contribution is -0.151. The van der Waals surface area contributed by atoms with E-state index in [-0.39, 0.29) is 29.6 Å². The minimum atomic E-state index is -1.03. The van der Waals surface area contributed by atoms with E-state index in [1.165, 1.54) is 4.90 Å². The predicted molar refractivity (Wildman–Crippen MR) is 78.7 cm³/mol. The second kappa shape index (κ2) is 4.91. The molecular weight excluding hydrogens is 287 g/mol. The maximum Gasteiger partial charge on any atom is 0.326 e. The van der Waals surface area contributed by atoms with Gasteiger partial charge in [0.25, 0.3) is 0 Å². The number of halogens is 1. The van der Waals surface area contributed by atoms with E-state index in [9.17, 15) is 19.1 Å². The minimum Gasteiger partial charge on any atom is -0.480 e. The lowest BCUT2D eigenvalue weighted by Gasteiger charge is -2.33. The number of aliphatic carboxylic acids is 1. The molecule has 0 aromatic carbocycles. The Morgan fingerprint density at radius 3 is 2.45 bits per heavy atom. The zero-order chi connectivity index (χ0) is 16.4. The first kappa shape index (κ1) is 15.7. The third-order valence-electron chi connectivity index (χ3n) is 6.00. The minimum absolute atomic E-state index is 0.120. The molecule has 0 radical (unpaired) electrons. The first-order chi connectivity index (χ1) is 10.1. The molecule has 0 aromatic heterocycles.